The van der Waals surface area contributed by atoms with E-state index in [1.807, 2.05) is 30.3 Å². The zero-order valence-electron chi connectivity index (χ0n) is 19.5. The summed E-state index contributed by atoms with van der Waals surface area (Å²) >= 11 is 6.28. The third-order valence-corrected chi connectivity index (χ3v) is 6.71. The minimum Gasteiger partial charge on any atom is -0.455 e. The second kappa shape index (κ2) is 9.99. The molecule has 0 unspecified atom stereocenters. The number of esters is 1. The van der Waals surface area contributed by atoms with Crippen LogP contribution < -0.4 is 5.32 Å². The van der Waals surface area contributed by atoms with E-state index in [0.29, 0.717) is 12.1 Å². The van der Waals surface area contributed by atoms with Gasteiger partial charge in [0.25, 0.3) is 5.91 Å². The van der Waals surface area contributed by atoms with Gasteiger partial charge in [-0.05, 0) is 17.7 Å². The van der Waals surface area contributed by atoms with Crippen LogP contribution in [-0.2, 0) is 25.7 Å². The number of ketones is 2. The van der Waals surface area contributed by atoms with Crippen molar-refractivity contribution < 1.29 is 28.7 Å². The minimum absolute atomic E-state index is 0.0154. The number of anilines is 1. The summed E-state index contributed by atoms with van der Waals surface area (Å²) in [6, 6.07) is 18.6. The molecule has 0 saturated carbocycles. The number of ether oxygens (including phenoxy) is 1. The van der Waals surface area contributed by atoms with Gasteiger partial charge >= 0.3 is 5.97 Å². The van der Waals surface area contributed by atoms with Gasteiger partial charge in [-0.2, -0.15) is 0 Å². The summed E-state index contributed by atoms with van der Waals surface area (Å²) < 4.78 is 5.15. The number of amides is 2. The van der Waals surface area contributed by atoms with Gasteiger partial charge in [0.15, 0.2) is 18.2 Å². The molecular weight excluding hydrogens is 496 g/mol. The maximum Gasteiger partial charge on any atom is 0.311 e. The standard InChI is InChI=1S/C28H21ClN2O6/c29-22-11-20-21(27(35)19-9-5-4-8-18(19)26(20)34)12-23(22)30-24(32)15-37-28(36)17-10-25(33)31(14-17)13-16-6-2-1-3-7-16/h1-9,11-12,17H,10,13-15H2,(H,30,32)/t17-/m0/s1. The van der Waals surface area contributed by atoms with Crippen molar-refractivity contribution in [1.82, 2.24) is 4.90 Å². The SMILES string of the molecule is O=C(COC(=O)[C@H]1CC(=O)N(Cc2ccccc2)C1)Nc1cc2c(cc1Cl)C(=O)c1ccccc1C2=O. The Hall–Kier alpha value is -4.30. The molecule has 1 fully saturated rings. The molecule has 9 heteroatoms. The number of nitrogens with one attached hydrogen (secondary N) is 1. The molecule has 5 rings (SSSR count). The molecule has 1 aliphatic heterocycles. The van der Waals surface area contributed by atoms with E-state index >= 15 is 0 Å². The zero-order chi connectivity index (χ0) is 26.1. The van der Waals surface area contributed by atoms with Crippen LogP contribution in [-0.4, -0.2) is 47.4 Å². The number of fused-ring (bicyclic) bond motifs is 2. The number of likely N-dealkylation sites (tertiary alicyclic amines) is 1. The maximum atomic E-state index is 12.9. The number of hydrogen-bond donors (Lipinski definition) is 1. The van der Waals surface area contributed by atoms with Crippen LogP contribution in [0, 0.1) is 5.92 Å². The van der Waals surface area contributed by atoms with E-state index in [9.17, 15) is 24.0 Å². The van der Waals surface area contributed by atoms with E-state index in [4.69, 9.17) is 16.3 Å². The third kappa shape index (κ3) is 4.88. The highest BCUT2D eigenvalue weighted by molar-refractivity contribution is 6.36. The topological polar surface area (TPSA) is 110 Å². The molecule has 0 aromatic heterocycles. The van der Waals surface area contributed by atoms with Gasteiger partial charge in [0.1, 0.15) is 0 Å². The summed E-state index contributed by atoms with van der Waals surface area (Å²) in [5, 5.41) is 2.59. The lowest BCUT2D eigenvalue weighted by atomic mass is 9.84. The molecular formula is C28H21ClN2O6. The maximum absolute atomic E-state index is 12.9. The summed E-state index contributed by atoms with van der Waals surface area (Å²) in [4.78, 5) is 64.6. The lowest BCUT2D eigenvalue weighted by Gasteiger charge is -2.19. The Morgan fingerprint density at radius 2 is 1.51 bits per heavy atom. The largest absolute Gasteiger partial charge is 0.455 e. The molecule has 0 radical (unpaired) electrons. The average molecular weight is 517 g/mol. The van der Waals surface area contributed by atoms with Crippen LogP contribution in [0.4, 0.5) is 5.69 Å². The van der Waals surface area contributed by atoms with Crippen LogP contribution in [0.5, 0.6) is 0 Å². The highest BCUT2D eigenvalue weighted by Gasteiger charge is 2.36. The van der Waals surface area contributed by atoms with Crippen LogP contribution in [0.3, 0.4) is 0 Å². The molecule has 37 heavy (non-hydrogen) atoms. The first-order valence-corrected chi connectivity index (χ1v) is 12.0. The van der Waals surface area contributed by atoms with Gasteiger partial charge in [0.2, 0.25) is 5.91 Å². The van der Waals surface area contributed by atoms with Gasteiger partial charge in [-0.1, -0.05) is 66.2 Å². The zero-order valence-corrected chi connectivity index (χ0v) is 20.3. The van der Waals surface area contributed by atoms with Crippen LogP contribution in [0.15, 0.2) is 66.7 Å². The van der Waals surface area contributed by atoms with Crippen molar-refractivity contribution in [3.63, 3.8) is 0 Å². The Kier molecular flexibility index (Phi) is 6.58. The van der Waals surface area contributed by atoms with Gasteiger partial charge in [-0.15, -0.1) is 0 Å². The number of benzene rings is 3. The molecule has 0 bridgehead atoms. The summed E-state index contributed by atoms with van der Waals surface area (Å²) in [6.45, 7) is 0.0141. The van der Waals surface area contributed by atoms with Gasteiger partial charge < -0.3 is 15.0 Å². The number of nitrogens with zero attached hydrogens (tertiary/aromatic N) is 1. The number of hydrogen-bond acceptors (Lipinski definition) is 6. The number of halogens is 1. The Morgan fingerprint density at radius 3 is 2.19 bits per heavy atom. The van der Waals surface area contributed by atoms with Gasteiger partial charge in [0.05, 0.1) is 16.6 Å². The molecule has 3 aromatic carbocycles. The molecule has 1 aliphatic carbocycles. The minimum atomic E-state index is -0.671. The molecule has 2 aliphatic rings. The second-order valence-electron chi connectivity index (χ2n) is 8.90. The highest BCUT2D eigenvalue weighted by Crippen LogP contribution is 2.33. The van der Waals surface area contributed by atoms with E-state index in [1.54, 1.807) is 29.2 Å². The fourth-order valence-corrected chi connectivity index (χ4v) is 4.75. The highest BCUT2D eigenvalue weighted by atomic mass is 35.5. The van der Waals surface area contributed by atoms with Crippen molar-refractivity contribution in [1.29, 1.82) is 0 Å². The summed E-state index contributed by atoms with van der Waals surface area (Å²) in [5.74, 6) is -2.82. The Labute approximate surface area is 217 Å². The fraction of sp³-hybridized carbons (Fsp3) is 0.179. The third-order valence-electron chi connectivity index (χ3n) is 6.40. The smallest absolute Gasteiger partial charge is 0.311 e. The molecule has 8 nitrogen and oxygen atoms in total. The van der Waals surface area contributed by atoms with Crippen molar-refractivity contribution in [2.75, 3.05) is 18.5 Å². The van der Waals surface area contributed by atoms with Crippen LogP contribution in [0.25, 0.3) is 0 Å². The molecule has 1 heterocycles. The summed E-state index contributed by atoms with van der Waals surface area (Å²) in [6.07, 6.45) is 0.0154. The first-order chi connectivity index (χ1) is 17.8. The Bertz CT molecular complexity index is 1450. The van der Waals surface area contributed by atoms with E-state index in [1.165, 1.54) is 12.1 Å². The predicted molar refractivity (Wildman–Crippen MR) is 134 cm³/mol. The quantitative estimate of drug-likeness (QED) is 0.392. The summed E-state index contributed by atoms with van der Waals surface area (Å²) in [7, 11) is 0. The van der Waals surface area contributed by atoms with Crippen molar-refractivity contribution in [2.45, 2.75) is 13.0 Å². The lowest BCUT2D eigenvalue weighted by Crippen LogP contribution is -2.28. The van der Waals surface area contributed by atoms with Crippen LogP contribution in [0.2, 0.25) is 5.02 Å². The van der Waals surface area contributed by atoms with Crippen LogP contribution in [0.1, 0.15) is 43.8 Å². The Balaban J connectivity index is 1.20. The Morgan fingerprint density at radius 1 is 0.892 bits per heavy atom. The number of rotatable bonds is 6. The predicted octanol–water partition coefficient (Wildman–Crippen LogP) is 3.65. The molecule has 1 saturated heterocycles. The average Bonchev–Trinajstić information content (AvgIpc) is 3.27. The lowest BCUT2D eigenvalue weighted by molar-refractivity contribution is -0.151. The van der Waals surface area contributed by atoms with E-state index < -0.39 is 24.4 Å². The van der Waals surface area contributed by atoms with E-state index in [2.05, 4.69) is 5.32 Å². The summed E-state index contributed by atoms with van der Waals surface area (Å²) in [5.41, 5.74) is 1.93. The first-order valence-electron chi connectivity index (χ1n) is 11.6. The molecule has 0 spiro atoms. The normalized spacial score (nSPS) is 16.3. The van der Waals surface area contributed by atoms with Crippen molar-refractivity contribution in [2.24, 2.45) is 5.92 Å². The van der Waals surface area contributed by atoms with Gasteiger partial charge in [-0.25, -0.2) is 0 Å². The van der Waals surface area contributed by atoms with Crippen LogP contribution >= 0.6 is 11.6 Å². The van der Waals surface area contributed by atoms with Crippen molar-refractivity contribution in [3.8, 4) is 0 Å². The van der Waals surface area contributed by atoms with Crippen molar-refractivity contribution in [3.05, 3.63) is 99.6 Å². The number of carbonyl (C=O) groups is 5. The fourth-order valence-electron chi connectivity index (χ4n) is 4.54. The molecule has 1 atom stereocenters. The molecule has 1 N–H and O–H groups in total. The number of carbonyl (C=O) groups excluding carboxylic acids is 5. The molecule has 2 amide bonds. The molecule has 186 valence electrons. The van der Waals surface area contributed by atoms with E-state index in [-0.39, 0.29) is 57.8 Å². The van der Waals surface area contributed by atoms with E-state index in [0.717, 1.165) is 5.56 Å². The van der Waals surface area contributed by atoms with Crippen molar-refractivity contribution >= 4 is 46.6 Å². The second-order valence-corrected chi connectivity index (χ2v) is 9.31. The monoisotopic (exact) mass is 516 g/mol. The first kappa shape index (κ1) is 24.4. The van der Waals surface area contributed by atoms with Gasteiger partial charge in [-0.3, -0.25) is 24.0 Å². The van der Waals surface area contributed by atoms with Gasteiger partial charge in [0, 0.05) is 41.8 Å². The molecule has 3 aromatic rings.